The smallest absolute Gasteiger partial charge is 0.271 e. The van der Waals surface area contributed by atoms with Crippen LogP contribution < -0.4 is 5.32 Å². The topological polar surface area (TPSA) is 67.5 Å². The molecule has 0 unspecified atom stereocenters. The number of aromatic nitrogens is 1. The van der Waals surface area contributed by atoms with Crippen molar-refractivity contribution in [2.45, 2.75) is 82.5 Å². The minimum absolute atomic E-state index is 0.0504. The van der Waals surface area contributed by atoms with E-state index in [1.807, 2.05) is 46.7 Å². The van der Waals surface area contributed by atoms with E-state index in [4.69, 9.17) is 4.42 Å². The zero-order valence-electron chi connectivity index (χ0n) is 20.3. The van der Waals surface area contributed by atoms with Crippen LogP contribution in [0.1, 0.15) is 79.5 Å². The third-order valence-corrected chi connectivity index (χ3v) is 8.27. The molecule has 182 valence electrons. The van der Waals surface area contributed by atoms with Crippen LogP contribution in [0.15, 0.2) is 59.2 Å². The Morgan fingerprint density at radius 2 is 1.77 bits per heavy atom. The van der Waals surface area contributed by atoms with Crippen LogP contribution in [0.5, 0.6) is 0 Å². The molecule has 1 fully saturated rings. The van der Waals surface area contributed by atoms with E-state index < -0.39 is 5.54 Å². The molecule has 3 aromatic rings. The molecule has 1 aliphatic heterocycles. The summed E-state index contributed by atoms with van der Waals surface area (Å²) >= 11 is 0. The largest absolute Gasteiger partial charge is 0.463 e. The van der Waals surface area contributed by atoms with Gasteiger partial charge in [-0.25, -0.2) is 0 Å². The predicted molar refractivity (Wildman–Crippen MR) is 134 cm³/mol. The van der Waals surface area contributed by atoms with Crippen molar-refractivity contribution >= 4 is 11.8 Å². The molecule has 6 heteroatoms. The second kappa shape index (κ2) is 8.74. The van der Waals surface area contributed by atoms with Crippen molar-refractivity contribution in [1.29, 1.82) is 0 Å². The molecule has 2 aliphatic carbocycles. The van der Waals surface area contributed by atoms with Crippen molar-refractivity contribution < 1.29 is 14.0 Å². The number of fused-ring (bicyclic) bond motifs is 2. The molecular formula is C29H33N3O3. The number of aryl methyl sites for hydroxylation is 1. The molecule has 1 saturated carbocycles. The van der Waals surface area contributed by atoms with Crippen molar-refractivity contribution in [3.63, 3.8) is 0 Å². The highest BCUT2D eigenvalue weighted by atomic mass is 16.3. The van der Waals surface area contributed by atoms with Gasteiger partial charge in [-0.05, 0) is 74.4 Å². The number of benzene rings is 1. The summed E-state index contributed by atoms with van der Waals surface area (Å²) in [5.74, 6) is 0.568. The van der Waals surface area contributed by atoms with E-state index in [-0.39, 0.29) is 23.9 Å². The zero-order chi connectivity index (χ0) is 24.0. The second-order valence-corrected chi connectivity index (χ2v) is 10.5. The van der Waals surface area contributed by atoms with Gasteiger partial charge in [-0.15, -0.1) is 0 Å². The molecule has 2 amide bonds. The lowest BCUT2D eigenvalue weighted by atomic mass is 9.82. The molecule has 0 saturated heterocycles. The van der Waals surface area contributed by atoms with Crippen LogP contribution in [0.2, 0.25) is 0 Å². The van der Waals surface area contributed by atoms with Crippen molar-refractivity contribution in [1.82, 2.24) is 14.8 Å². The van der Waals surface area contributed by atoms with Gasteiger partial charge in [0.25, 0.3) is 5.91 Å². The van der Waals surface area contributed by atoms with Gasteiger partial charge in [0.15, 0.2) is 0 Å². The lowest BCUT2D eigenvalue weighted by Gasteiger charge is -2.49. The van der Waals surface area contributed by atoms with Crippen LogP contribution in [0.3, 0.4) is 0 Å². The Balaban J connectivity index is 1.44. The lowest BCUT2D eigenvalue weighted by Crippen LogP contribution is -2.65. The van der Waals surface area contributed by atoms with Gasteiger partial charge < -0.3 is 19.2 Å². The summed E-state index contributed by atoms with van der Waals surface area (Å²) in [6.45, 7) is 2.35. The summed E-state index contributed by atoms with van der Waals surface area (Å²) in [6.07, 6.45) is 10.1. The normalized spacial score (nSPS) is 24.7. The molecule has 1 aromatic carbocycles. The molecule has 0 radical (unpaired) electrons. The summed E-state index contributed by atoms with van der Waals surface area (Å²) in [4.78, 5) is 30.2. The van der Waals surface area contributed by atoms with Gasteiger partial charge in [-0.1, -0.05) is 43.5 Å². The van der Waals surface area contributed by atoms with Crippen LogP contribution in [0, 0.1) is 0 Å². The van der Waals surface area contributed by atoms with Gasteiger partial charge >= 0.3 is 0 Å². The molecule has 1 N–H and O–H groups in total. The minimum Gasteiger partial charge on any atom is -0.463 e. The van der Waals surface area contributed by atoms with Crippen LogP contribution in [0.4, 0.5) is 0 Å². The summed E-state index contributed by atoms with van der Waals surface area (Å²) in [6, 6.07) is 16.0. The lowest BCUT2D eigenvalue weighted by molar-refractivity contribution is -0.135. The molecule has 0 spiro atoms. The summed E-state index contributed by atoms with van der Waals surface area (Å²) in [5.41, 5.74) is 2.89. The number of carbonyl (C=O) groups is 2. The van der Waals surface area contributed by atoms with E-state index in [0.717, 1.165) is 50.6 Å². The fourth-order valence-corrected chi connectivity index (χ4v) is 6.45. The molecule has 2 aromatic heterocycles. The monoisotopic (exact) mass is 471 g/mol. The number of furan rings is 1. The number of nitrogens with zero attached hydrogens (tertiary/aromatic N) is 2. The van der Waals surface area contributed by atoms with Crippen molar-refractivity contribution in [3.8, 4) is 11.5 Å². The van der Waals surface area contributed by atoms with E-state index in [1.165, 1.54) is 17.5 Å². The minimum atomic E-state index is -1.02. The number of hydrogen-bond acceptors (Lipinski definition) is 3. The van der Waals surface area contributed by atoms with Crippen LogP contribution in [0.25, 0.3) is 11.5 Å². The first-order valence-electron chi connectivity index (χ1n) is 13.0. The molecule has 6 nitrogen and oxygen atoms in total. The molecule has 0 bridgehead atoms. The van der Waals surface area contributed by atoms with Crippen LogP contribution in [-0.4, -0.2) is 32.9 Å². The van der Waals surface area contributed by atoms with E-state index in [1.54, 1.807) is 6.26 Å². The van der Waals surface area contributed by atoms with E-state index in [9.17, 15) is 9.59 Å². The Morgan fingerprint density at radius 3 is 2.57 bits per heavy atom. The van der Waals surface area contributed by atoms with Crippen molar-refractivity contribution in [2.75, 3.05) is 0 Å². The standard InChI is InChI=1S/C29H33N3O3/c1-29(28(34)30-21-11-3-2-4-12-21)19-31-24(26-15-8-18-35-26)16-17-25(31)27(33)32(29)23-14-7-10-20-9-5-6-13-22(20)23/h5-6,8-9,13,15-18,21,23H,2-4,7,10-12,14,19H2,1H3,(H,30,34)/t23-,29+/m1/s1. The number of rotatable bonds is 4. The highest BCUT2D eigenvalue weighted by molar-refractivity contribution is 6.01. The Hall–Kier alpha value is -3.28. The SMILES string of the molecule is C[C@@]1(C(=O)NC2CCCCC2)Cn2c(ccc2-c2ccco2)C(=O)N1[C@@H]1CCCc2ccccc21. The predicted octanol–water partition coefficient (Wildman–Crippen LogP) is 5.49. The summed E-state index contributed by atoms with van der Waals surface area (Å²) in [5, 5.41) is 3.35. The number of amides is 2. The highest BCUT2D eigenvalue weighted by Gasteiger charge is 2.51. The van der Waals surface area contributed by atoms with E-state index in [0.29, 0.717) is 18.0 Å². The average molecular weight is 472 g/mol. The first kappa shape index (κ1) is 22.2. The second-order valence-electron chi connectivity index (χ2n) is 10.5. The molecule has 35 heavy (non-hydrogen) atoms. The number of nitrogens with one attached hydrogen (secondary N) is 1. The zero-order valence-corrected chi connectivity index (χ0v) is 20.3. The maximum Gasteiger partial charge on any atom is 0.271 e. The summed E-state index contributed by atoms with van der Waals surface area (Å²) < 4.78 is 7.65. The maximum absolute atomic E-state index is 14.2. The molecule has 3 aliphatic rings. The Kier molecular flexibility index (Phi) is 5.54. The maximum atomic E-state index is 14.2. The van der Waals surface area contributed by atoms with Crippen molar-refractivity contribution in [3.05, 3.63) is 71.6 Å². The Labute approximate surface area is 206 Å². The third-order valence-electron chi connectivity index (χ3n) is 8.27. The van der Waals surface area contributed by atoms with E-state index >= 15 is 0 Å². The van der Waals surface area contributed by atoms with Gasteiger partial charge in [0.1, 0.15) is 17.0 Å². The fraction of sp³-hybridized carbons (Fsp3) is 0.448. The molecule has 2 atom stereocenters. The quantitative estimate of drug-likeness (QED) is 0.547. The Bertz CT molecular complexity index is 1240. The van der Waals surface area contributed by atoms with E-state index in [2.05, 4.69) is 23.5 Å². The molecule has 6 rings (SSSR count). The summed E-state index contributed by atoms with van der Waals surface area (Å²) in [7, 11) is 0. The van der Waals surface area contributed by atoms with Gasteiger partial charge in [0.2, 0.25) is 5.91 Å². The first-order valence-corrected chi connectivity index (χ1v) is 13.0. The molecular weight excluding hydrogens is 438 g/mol. The molecule has 3 heterocycles. The van der Waals surface area contributed by atoms with Crippen LogP contribution in [-0.2, 0) is 17.8 Å². The number of carbonyl (C=O) groups excluding carboxylic acids is 2. The Morgan fingerprint density at radius 1 is 0.971 bits per heavy atom. The van der Waals surface area contributed by atoms with Crippen molar-refractivity contribution in [2.24, 2.45) is 0 Å². The fourth-order valence-electron chi connectivity index (χ4n) is 6.45. The van der Waals surface area contributed by atoms with Gasteiger partial charge in [0.05, 0.1) is 24.5 Å². The highest BCUT2D eigenvalue weighted by Crippen LogP contribution is 2.43. The first-order chi connectivity index (χ1) is 17.1. The number of hydrogen-bond donors (Lipinski definition) is 1. The van der Waals surface area contributed by atoms with Crippen LogP contribution >= 0.6 is 0 Å². The third kappa shape index (κ3) is 3.70. The van der Waals surface area contributed by atoms with Gasteiger partial charge in [0, 0.05) is 6.04 Å². The average Bonchev–Trinajstić information content (AvgIpc) is 3.55. The van der Waals surface area contributed by atoms with Gasteiger partial charge in [-0.3, -0.25) is 9.59 Å². The van der Waals surface area contributed by atoms with Gasteiger partial charge in [-0.2, -0.15) is 0 Å².